The van der Waals surface area contributed by atoms with Gasteiger partial charge in [0.1, 0.15) is 0 Å². The molecule has 1 aliphatic rings. The largest absolute Gasteiger partial charge is 0.391 e. The lowest BCUT2D eigenvalue weighted by Crippen LogP contribution is -2.45. The summed E-state index contributed by atoms with van der Waals surface area (Å²) in [6, 6.07) is 3.94. The molecule has 1 fully saturated rings. The minimum absolute atomic E-state index is 0.151. The van der Waals surface area contributed by atoms with Crippen molar-refractivity contribution in [2.24, 2.45) is 0 Å². The molecule has 1 aliphatic carbocycles. The van der Waals surface area contributed by atoms with Gasteiger partial charge in [0.05, 0.1) is 21.5 Å². The average molecular weight is 343 g/mol. The summed E-state index contributed by atoms with van der Waals surface area (Å²) >= 11 is 3.07. The van der Waals surface area contributed by atoms with E-state index in [2.05, 4.69) is 21.2 Å². The van der Waals surface area contributed by atoms with Crippen LogP contribution >= 0.6 is 15.9 Å². The lowest BCUT2D eigenvalue weighted by Gasteiger charge is -2.28. The number of aliphatic hydroxyl groups excluding tert-OH is 1. The Balaban J connectivity index is 2.13. The van der Waals surface area contributed by atoms with Gasteiger partial charge in [-0.15, -0.1) is 0 Å². The maximum absolute atomic E-state index is 12.1. The highest BCUT2D eigenvalue weighted by atomic mass is 79.9. The molecule has 1 saturated carbocycles. The maximum Gasteiger partial charge on any atom is 0.284 e. The van der Waals surface area contributed by atoms with Gasteiger partial charge in [-0.05, 0) is 40.9 Å². The SMILES string of the molecule is O=C(NC1CCCCC1O)c1ccc(Br)c([N+](=O)[O-])c1. The van der Waals surface area contributed by atoms with E-state index in [0.29, 0.717) is 10.9 Å². The maximum atomic E-state index is 12.1. The third kappa shape index (κ3) is 3.34. The number of hydrogen-bond acceptors (Lipinski definition) is 4. The molecule has 0 aliphatic heterocycles. The number of nitrogens with one attached hydrogen (secondary N) is 1. The van der Waals surface area contributed by atoms with E-state index >= 15 is 0 Å². The highest BCUT2D eigenvalue weighted by Crippen LogP contribution is 2.26. The molecular weight excluding hydrogens is 328 g/mol. The van der Waals surface area contributed by atoms with Crippen molar-refractivity contribution in [2.75, 3.05) is 0 Å². The normalized spacial score (nSPS) is 22.3. The van der Waals surface area contributed by atoms with E-state index in [4.69, 9.17) is 0 Å². The lowest BCUT2D eigenvalue weighted by atomic mass is 9.92. The number of benzene rings is 1. The molecule has 108 valence electrons. The third-order valence-corrected chi connectivity index (χ3v) is 4.12. The molecule has 7 heteroatoms. The Morgan fingerprint density at radius 3 is 2.75 bits per heavy atom. The van der Waals surface area contributed by atoms with Crippen molar-refractivity contribution in [3.63, 3.8) is 0 Å². The van der Waals surface area contributed by atoms with Gasteiger partial charge in [-0.3, -0.25) is 14.9 Å². The van der Waals surface area contributed by atoms with Gasteiger partial charge in [-0.1, -0.05) is 12.8 Å². The Bertz CT molecular complexity index is 535. The smallest absolute Gasteiger partial charge is 0.284 e. The zero-order valence-corrected chi connectivity index (χ0v) is 12.3. The second-order valence-corrected chi connectivity index (χ2v) is 5.71. The van der Waals surface area contributed by atoms with Gasteiger partial charge in [0.15, 0.2) is 0 Å². The van der Waals surface area contributed by atoms with E-state index in [0.717, 1.165) is 19.3 Å². The molecule has 2 unspecified atom stereocenters. The van der Waals surface area contributed by atoms with Crippen molar-refractivity contribution in [1.82, 2.24) is 5.32 Å². The second-order valence-electron chi connectivity index (χ2n) is 4.86. The Morgan fingerprint density at radius 2 is 2.10 bits per heavy atom. The van der Waals surface area contributed by atoms with Gasteiger partial charge in [0.2, 0.25) is 0 Å². The molecule has 0 heterocycles. The highest BCUT2D eigenvalue weighted by Gasteiger charge is 2.25. The van der Waals surface area contributed by atoms with Crippen molar-refractivity contribution < 1.29 is 14.8 Å². The van der Waals surface area contributed by atoms with Crippen molar-refractivity contribution in [3.8, 4) is 0 Å². The fraction of sp³-hybridized carbons (Fsp3) is 0.462. The molecule has 0 spiro atoms. The van der Waals surface area contributed by atoms with Gasteiger partial charge >= 0.3 is 0 Å². The predicted octanol–water partition coefficient (Wildman–Crippen LogP) is 2.39. The van der Waals surface area contributed by atoms with Crippen LogP contribution in [-0.2, 0) is 0 Å². The van der Waals surface area contributed by atoms with Crippen LogP contribution in [0.3, 0.4) is 0 Å². The Morgan fingerprint density at radius 1 is 1.40 bits per heavy atom. The minimum atomic E-state index is -0.545. The number of hydrogen-bond donors (Lipinski definition) is 2. The number of rotatable bonds is 3. The first-order valence-electron chi connectivity index (χ1n) is 6.42. The first-order valence-corrected chi connectivity index (χ1v) is 7.21. The minimum Gasteiger partial charge on any atom is -0.391 e. The first kappa shape index (κ1) is 14.9. The van der Waals surface area contributed by atoms with Gasteiger partial charge in [0, 0.05) is 11.6 Å². The van der Waals surface area contributed by atoms with Crippen LogP contribution in [0.15, 0.2) is 22.7 Å². The molecule has 6 nitrogen and oxygen atoms in total. The quantitative estimate of drug-likeness (QED) is 0.651. The topological polar surface area (TPSA) is 92.5 Å². The van der Waals surface area contributed by atoms with Gasteiger partial charge in [-0.25, -0.2) is 0 Å². The van der Waals surface area contributed by atoms with Crippen LogP contribution in [0.4, 0.5) is 5.69 Å². The molecule has 0 bridgehead atoms. The van der Waals surface area contributed by atoms with Crippen LogP contribution in [0.25, 0.3) is 0 Å². The van der Waals surface area contributed by atoms with Crippen LogP contribution in [0.2, 0.25) is 0 Å². The Kier molecular flexibility index (Phi) is 4.72. The van der Waals surface area contributed by atoms with E-state index in [9.17, 15) is 20.0 Å². The predicted molar refractivity (Wildman–Crippen MR) is 76.5 cm³/mol. The number of nitro benzene ring substituents is 1. The number of nitro groups is 1. The summed E-state index contributed by atoms with van der Waals surface area (Å²) in [6.45, 7) is 0. The number of nitrogens with zero attached hydrogens (tertiary/aromatic N) is 1. The Labute approximate surface area is 124 Å². The molecule has 0 saturated heterocycles. The summed E-state index contributed by atoms with van der Waals surface area (Å²) in [4.78, 5) is 22.4. The zero-order chi connectivity index (χ0) is 14.7. The van der Waals surface area contributed by atoms with Crippen LogP contribution in [0.5, 0.6) is 0 Å². The lowest BCUT2D eigenvalue weighted by molar-refractivity contribution is -0.385. The fourth-order valence-corrected chi connectivity index (χ4v) is 2.72. The molecular formula is C13H15BrN2O4. The number of aliphatic hydroxyl groups is 1. The van der Waals surface area contributed by atoms with E-state index in [1.54, 1.807) is 0 Å². The summed E-state index contributed by atoms with van der Waals surface area (Å²) < 4.78 is 0.330. The van der Waals surface area contributed by atoms with Crippen LogP contribution in [0.1, 0.15) is 36.0 Å². The summed E-state index contributed by atoms with van der Waals surface area (Å²) in [7, 11) is 0. The van der Waals surface area contributed by atoms with Crippen LogP contribution in [0, 0.1) is 10.1 Å². The molecule has 1 amide bonds. The summed E-state index contributed by atoms with van der Waals surface area (Å²) in [5, 5.41) is 23.4. The van der Waals surface area contributed by atoms with Gasteiger partial charge in [0.25, 0.3) is 11.6 Å². The van der Waals surface area contributed by atoms with Crippen LogP contribution in [-0.4, -0.2) is 28.1 Å². The van der Waals surface area contributed by atoms with Gasteiger partial charge < -0.3 is 10.4 Å². The Hall–Kier alpha value is -1.47. The molecule has 1 aromatic carbocycles. The second kappa shape index (κ2) is 6.32. The molecule has 2 N–H and O–H groups in total. The summed E-state index contributed by atoms with van der Waals surface area (Å²) in [6.07, 6.45) is 2.77. The number of carbonyl (C=O) groups excluding carboxylic acids is 1. The molecule has 2 atom stereocenters. The molecule has 0 radical (unpaired) electrons. The van der Waals surface area contributed by atoms with Crippen LogP contribution < -0.4 is 5.32 Å². The summed E-state index contributed by atoms with van der Waals surface area (Å²) in [5.74, 6) is -0.397. The van der Waals surface area contributed by atoms with E-state index in [1.807, 2.05) is 0 Å². The highest BCUT2D eigenvalue weighted by molar-refractivity contribution is 9.10. The van der Waals surface area contributed by atoms with E-state index in [-0.39, 0.29) is 17.3 Å². The fourth-order valence-electron chi connectivity index (χ4n) is 2.33. The standard InChI is InChI=1S/C13H15BrN2O4/c14-9-6-5-8(7-11(9)16(19)20)13(18)15-10-3-1-2-4-12(10)17/h5-7,10,12,17H,1-4H2,(H,15,18). The third-order valence-electron chi connectivity index (χ3n) is 3.45. The van der Waals surface area contributed by atoms with Crippen molar-refractivity contribution in [2.45, 2.75) is 37.8 Å². The average Bonchev–Trinajstić information content (AvgIpc) is 2.41. The molecule has 1 aromatic rings. The van der Waals surface area contributed by atoms with E-state index in [1.165, 1.54) is 18.2 Å². The van der Waals surface area contributed by atoms with Crippen molar-refractivity contribution in [3.05, 3.63) is 38.3 Å². The van der Waals surface area contributed by atoms with Crippen molar-refractivity contribution in [1.29, 1.82) is 0 Å². The molecule has 20 heavy (non-hydrogen) atoms. The first-order chi connectivity index (χ1) is 9.49. The number of amides is 1. The van der Waals surface area contributed by atoms with Crippen molar-refractivity contribution >= 4 is 27.5 Å². The monoisotopic (exact) mass is 342 g/mol. The number of halogens is 1. The zero-order valence-electron chi connectivity index (χ0n) is 10.7. The van der Waals surface area contributed by atoms with Gasteiger partial charge in [-0.2, -0.15) is 0 Å². The number of carbonyl (C=O) groups is 1. The molecule has 2 rings (SSSR count). The molecule has 0 aromatic heterocycles. The summed E-state index contributed by atoms with van der Waals surface area (Å²) in [5.41, 5.74) is 0.0690. The van der Waals surface area contributed by atoms with E-state index < -0.39 is 16.9 Å².